The lowest BCUT2D eigenvalue weighted by Crippen LogP contribution is -2.55. The van der Waals surface area contributed by atoms with Gasteiger partial charge in [0.1, 0.15) is 12.6 Å². The smallest absolute Gasteiger partial charge is 0.306 e. The van der Waals surface area contributed by atoms with Crippen molar-refractivity contribution < 1.29 is 38.2 Å². The predicted octanol–water partition coefficient (Wildman–Crippen LogP) is 12.6. The predicted molar refractivity (Wildman–Crippen MR) is 250 cm³/mol. The number of unbranched alkanes of at least 4 members (excludes halogenated alkanes) is 22. The highest BCUT2D eigenvalue weighted by Gasteiger charge is 2.25. The topological polar surface area (TPSA) is 102 Å². The Balaban J connectivity index is 4.27. The SMILES string of the molecule is CC/C=C\C/C=C\C/C=C\CCCCCCCCCC(=O)OC(COCCC(C(=O)[O-])[N+](C)(C)C)COC(=O)CCCCCCCCCCC/C=C\CCCCCCCC. The van der Waals surface area contributed by atoms with E-state index in [1.165, 1.54) is 109 Å². The van der Waals surface area contributed by atoms with Crippen LogP contribution in [0.2, 0.25) is 0 Å². The van der Waals surface area contributed by atoms with Crippen molar-refractivity contribution in [2.45, 2.75) is 225 Å². The molecule has 348 valence electrons. The molecule has 0 rings (SSSR count). The summed E-state index contributed by atoms with van der Waals surface area (Å²) in [4.78, 5) is 37.0. The molecule has 0 aliphatic rings. The summed E-state index contributed by atoms with van der Waals surface area (Å²) in [5.74, 6) is -1.75. The minimum Gasteiger partial charge on any atom is -0.544 e. The Hall–Kier alpha value is -2.71. The van der Waals surface area contributed by atoms with E-state index in [9.17, 15) is 19.5 Å². The lowest BCUT2D eigenvalue weighted by molar-refractivity contribution is -0.889. The molecule has 0 bridgehead atoms. The van der Waals surface area contributed by atoms with Crippen molar-refractivity contribution in [2.75, 3.05) is 41.0 Å². The van der Waals surface area contributed by atoms with Gasteiger partial charge in [0.25, 0.3) is 0 Å². The summed E-state index contributed by atoms with van der Waals surface area (Å²) >= 11 is 0. The molecule has 2 unspecified atom stereocenters. The van der Waals surface area contributed by atoms with Gasteiger partial charge in [-0.2, -0.15) is 0 Å². The number of esters is 2. The van der Waals surface area contributed by atoms with Crippen LogP contribution in [0.1, 0.15) is 213 Å². The number of hydrogen-bond acceptors (Lipinski definition) is 7. The third-order valence-corrected chi connectivity index (χ3v) is 10.9. The summed E-state index contributed by atoms with van der Waals surface area (Å²) < 4.78 is 17.2. The van der Waals surface area contributed by atoms with Crippen molar-refractivity contribution in [2.24, 2.45) is 0 Å². The number of aliphatic carboxylic acids is 1. The summed E-state index contributed by atoms with van der Waals surface area (Å²) in [6.45, 7) is 4.55. The minimum absolute atomic E-state index is 0.0361. The second-order valence-electron chi connectivity index (χ2n) is 17.7. The molecule has 0 aromatic rings. The first kappa shape index (κ1) is 57.3. The van der Waals surface area contributed by atoms with E-state index >= 15 is 0 Å². The number of carboxylic acid groups (broad SMARTS) is 1. The molecule has 2 atom stereocenters. The molecule has 0 radical (unpaired) electrons. The average Bonchev–Trinajstić information content (AvgIpc) is 3.21. The molecule has 0 saturated heterocycles. The van der Waals surface area contributed by atoms with Crippen LogP contribution in [0.15, 0.2) is 48.6 Å². The van der Waals surface area contributed by atoms with Gasteiger partial charge in [0.2, 0.25) is 0 Å². The summed E-state index contributed by atoms with van der Waals surface area (Å²) in [6, 6.07) is -0.729. The molecule has 0 heterocycles. The van der Waals surface area contributed by atoms with Crippen molar-refractivity contribution in [1.29, 1.82) is 0 Å². The van der Waals surface area contributed by atoms with E-state index in [1.807, 2.05) is 0 Å². The maximum absolute atomic E-state index is 12.8. The maximum Gasteiger partial charge on any atom is 0.306 e. The van der Waals surface area contributed by atoms with Crippen LogP contribution in [-0.4, -0.2) is 75.5 Å². The first-order chi connectivity index (χ1) is 29.1. The van der Waals surface area contributed by atoms with Crippen molar-refractivity contribution >= 4 is 17.9 Å². The van der Waals surface area contributed by atoms with Gasteiger partial charge in [-0.05, 0) is 70.6 Å². The van der Waals surface area contributed by atoms with Gasteiger partial charge in [-0.15, -0.1) is 0 Å². The molecule has 0 aliphatic heterocycles. The van der Waals surface area contributed by atoms with E-state index in [4.69, 9.17) is 14.2 Å². The van der Waals surface area contributed by atoms with E-state index in [0.717, 1.165) is 70.6 Å². The summed E-state index contributed by atoms with van der Waals surface area (Å²) in [7, 11) is 5.41. The number of carboxylic acids is 1. The third kappa shape index (κ3) is 40.7. The molecule has 0 aromatic carbocycles. The highest BCUT2D eigenvalue weighted by molar-refractivity contribution is 5.70. The number of hydrogen-bond donors (Lipinski definition) is 0. The molecule has 0 saturated carbocycles. The largest absolute Gasteiger partial charge is 0.544 e. The quantitative estimate of drug-likeness (QED) is 0.0260. The molecule has 0 spiro atoms. The molecule has 0 aliphatic carbocycles. The molecule has 0 fully saturated rings. The monoisotopic (exact) mass is 844 g/mol. The second kappa shape index (κ2) is 43.0. The standard InChI is InChI=1S/C52H93NO7/c1-6-8-10-12-14-16-18-20-22-24-25-27-28-30-32-34-36-38-40-42-50(54)59-47-48(46-58-45-44-49(52(56)57)53(3,4)5)60-51(55)43-41-39-37-35-33-31-29-26-23-21-19-17-15-13-11-9-7-2/h9,11,15,17,20-23,48-49H,6-8,10,12-14,16,18-19,24-47H2,1-5H3/b11-9-,17-15-,22-20-,23-21-. The van der Waals surface area contributed by atoms with Gasteiger partial charge in [-0.3, -0.25) is 9.59 Å². The summed E-state index contributed by atoms with van der Waals surface area (Å²) in [6.07, 6.45) is 51.3. The molecule has 0 aromatic heterocycles. The Morgan fingerprint density at radius 1 is 0.517 bits per heavy atom. The first-order valence-electron chi connectivity index (χ1n) is 24.7. The van der Waals surface area contributed by atoms with Gasteiger partial charge in [0.05, 0.1) is 40.3 Å². The van der Waals surface area contributed by atoms with Crippen molar-refractivity contribution in [3.63, 3.8) is 0 Å². The van der Waals surface area contributed by atoms with E-state index in [2.05, 4.69) is 62.5 Å². The van der Waals surface area contributed by atoms with Gasteiger partial charge in [0.15, 0.2) is 6.10 Å². The number of allylic oxidation sites excluding steroid dienone is 8. The van der Waals surface area contributed by atoms with Crippen LogP contribution in [0, 0.1) is 0 Å². The van der Waals surface area contributed by atoms with Gasteiger partial charge in [-0.1, -0.05) is 172 Å². The van der Waals surface area contributed by atoms with E-state index in [1.54, 1.807) is 21.1 Å². The highest BCUT2D eigenvalue weighted by atomic mass is 16.6. The number of carbonyl (C=O) groups is 3. The molecule has 0 N–H and O–H groups in total. The van der Waals surface area contributed by atoms with Crippen LogP contribution in [-0.2, 0) is 28.6 Å². The van der Waals surface area contributed by atoms with Gasteiger partial charge < -0.3 is 28.6 Å². The zero-order valence-electron chi connectivity index (χ0n) is 39.6. The van der Waals surface area contributed by atoms with Crippen molar-refractivity contribution in [1.82, 2.24) is 0 Å². The normalized spacial score (nSPS) is 13.3. The van der Waals surface area contributed by atoms with E-state index < -0.39 is 18.1 Å². The number of ether oxygens (including phenoxy) is 3. The Morgan fingerprint density at radius 3 is 1.40 bits per heavy atom. The lowest BCUT2D eigenvalue weighted by Gasteiger charge is -2.34. The minimum atomic E-state index is -1.13. The Labute approximate surface area is 369 Å². The van der Waals surface area contributed by atoms with Gasteiger partial charge in [-0.25, -0.2) is 0 Å². The number of nitrogens with zero attached hydrogens (tertiary/aromatic N) is 1. The summed E-state index contributed by atoms with van der Waals surface area (Å²) in [5.41, 5.74) is 0. The maximum atomic E-state index is 12.8. The van der Waals surface area contributed by atoms with Gasteiger partial charge in [0, 0.05) is 19.3 Å². The van der Waals surface area contributed by atoms with Crippen LogP contribution in [0.4, 0.5) is 0 Å². The van der Waals surface area contributed by atoms with Gasteiger partial charge >= 0.3 is 11.9 Å². The Kier molecular flexibility index (Phi) is 41.0. The lowest BCUT2D eigenvalue weighted by atomic mass is 10.1. The number of quaternary nitrogens is 1. The molecular weight excluding hydrogens is 751 g/mol. The molecular formula is C52H93NO7. The number of likely N-dealkylation sites (N-methyl/N-ethyl adjacent to an activating group) is 1. The molecule has 60 heavy (non-hydrogen) atoms. The summed E-state index contributed by atoms with van der Waals surface area (Å²) in [5, 5.41) is 11.6. The van der Waals surface area contributed by atoms with Crippen LogP contribution in [0.25, 0.3) is 0 Å². The molecule has 8 nitrogen and oxygen atoms in total. The van der Waals surface area contributed by atoms with Crippen LogP contribution >= 0.6 is 0 Å². The zero-order chi connectivity index (χ0) is 44.2. The average molecular weight is 844 g/mol. The van der Waals surface area contributed by atoms with Crippen molar-refractivity contribution in [3.8, 4) is 0 Å². The fraction of sp³-hybridized carbons (Fsp3) is 0.788. The van der Waals surface area contributed by atoms with E-state index in [0.29, 0.717) is 12.8 Å². The zero-order valence-corrected chi connectivity index (χ0v) is 39.6. The molecule has 8 heteroatoms. The Bertz CT molecular complexity index is 1120. The second-order valence-corrected chi connectivity index (χ2v) is 17.7. The Morgan fingerprint density at radius 2 is 0.933 bits per heavy atom. The van der Waals surface area contributed by atoms with E-state index in [-0.39, 0.29) is 42.7 Å². The number of rotatable bonds is 44. The highest BCUT2D eigenvalue weighted by Crippen LogP contribution is 2.15. The first-order valence-corrected chi connectivity index (χ1v) is 24.7. The van der Waals surface area contributed by atoms with Crippen LogP contribution in [0.5, 0.6) is 0 Å². The van der Waals surface area contributed by atoms with Crippen LogP contribution < -0.4 is 5.11 Å². The van der Waals surface area contributed by atoms with Crippen LogP contribution in [0.3, 0.4) is 0 Å². The third-order valence-electron chi connectivity index (χ3n) is 10.9. The molecule has 0 amide bonds. The number of carbonyl (C=O) groups excluding carboxylic acids is 3. The fourth-order valence-electron chi connectivity index (χ4n) is 7.14. The fourth-order valence-corrected chi connectivity index (χ4v) is 7.14. The van der Waals surface area contributed by atoms with Crippen molar-refractivity contribution in [3.05, 3.63) is 48.6 Å².